The Kier molecular flexibility index (Phi) is 5.41. The first-order valence-corrected chi connectivity index (χ1v) is 15.1. The Labute approximate surface area is 206 Å². The molecule has 0 N–H and O–H groups in total. The number of hydrogen-bond acceptors (Lipinski definition) is 3. The minimum atomic E-state index is -3.45. The highest BCUT2D eigenvalue weighted by Gasteiger charge is 2.64. The first-order chi connectivity index (χ1) is 16.2. The molecule has 0 radical (unpaired) electrons. The van der Waals surface area contributed by atoms with Crippen molar-refractivity contribution in [3.63, 3.8) is 0 Å². The van der Waals surface area contributed by atoms with Gasteiger partial charge in [0.2, 0.25) is 10.0 Å². The maximum atomic E-state index is 13.3. The number of fused-ring (bicyclic) bond motifs is 4. The molecule has 34 heavy (non-hydrogen) atoms. The van der Waals surface area contributed by atoms with Gasteiger partial charge in [-0.1, -0.05) is 36.8 Å². The Morgan fingerprint density at radius 3 is 2.50 bits per heavy atom. The van der Waals surface area contributed by atoms with Crippen LogP contribution in [0.25, 0.3) is 0 Å². The van der Waals surface area contributed by atoms with E-state index in [9.17, 15) is 8.42 Å². The van der Waals surface area contributed by atoms with Gasteiger partial charge in [-0.05, 0) is 112 Å². The van der Waals surface area contributed by atoms with E-state index in [2.05, 4.69) is 31.9 Å². The van der Waals surface area contributed by atoms with Gasteiger partial charge in [0.05, 0.1) is 4.90 Å². The smallest absolute Gasteiger partial charge is 0.243 e. The molecule has 1 spiro atoms. The quantitative estimate of drug-likeness (QED) is 0.529. The molecule has 1 aromatic carbocycles. The van der Waals surface area contributed by atoms with Crippen LogP contribution in [-0.2, 0) is 10.0 Å². The van der Waals surface area contributed by atoms with E-state index >= 15 is 0 Å². The number of sulfonamides is 1. The number of nitrogens with zero attached hydrogens (tertiary/aromatic N) is 2. The summed E-state index contributed by atoms with van der Waals surface area (Å²) in [6.07, 6.45) is 12.4. The van der Waals surface area contributed by atoms with Crippen LogP contribution in [0.5, 0.6) is 0 Å². The van der Waals surface area contributed by atoms with Crippen molar-refractivity contribution in [2.45, 2.75) is 82.2 Å². The van der Waals surface area contributed by atoms with E-state index in [0.717, 1.165) is 49.0 Å². The summed E-state index contributed by atoms with van der Waals surface area (Å²) in [6.45, 7) is 6.31. The molecule has 186 valence electrons. The van der Waals surface area contributed by atoms with Gasteiger partial charge in [-0.25, -0.2) is 8.42 Å². The van der Waals surface area contributed by atoms with E-state index in [1.165, 1.54) is 38.6 Å². The van der Waals surface area contributed by atoms with Crippen molar-refractivity contribution in [2.24, 2.45) is 34.5 Å². The van der Waals surface area contributed by atoms with Gasteiger partial charge in [0.1, 0.15) is 0 Å². The van der Waals surface area contributed by atoms with Crippen LogP contribution in [0, 0.1) is 34.5 Å². The summed E-state index contributed by atoms with van der Waals surface area (Å²) in [4.78, 5) is 3.06. The molecule has 1 heterocycles. The topological polar surface area (TPSA) is 40.6 Å². The van der Waals surface area contributed by atoms with Crippen molar-refractivity contribution >= 4 is 10.0 Å². The van der Waals surface area contributed by atoms with Crippen molar-refractivity contribution in [1.29, 1.82) is 0 Å². The van der Waals surface area contributed by atoms with Crippen LogP contribution >= 0.6 is 0 Å². The van der Waals surface area contributed by atoms with E-state index in [0.29, 0.717) is 10.3 Å². The van der Waals surface area contributed by atoms with Crippen LogP contribution in [0.4, 0.5) is 0 Å². The lowest BCUT2D eigenvalue weighted by Crippen LogP contribution is -2.53. The first-order valence-electron chi connectivity index (χ1n) is 13.6. The molecule has 5 aliphatic rings. The molecule has 1 unspecified atom stereocenters. The first kappa shape index (κ1) is 23.2. The third kappa shape index (κ3) is 3.12. The van der Waals surface area contributed by atoms with Crippen molar-refractivity contribution in [2.75, 3.05) is 20.6 Å². The predicted molar refractivity (Wildman–Crippen MR) is 137 cm³/mol. The maximum Gasteiger partial charge on any atom is 0.243 e. The number of rotatable bonds is 3. The fraction of sp³-hybridized carbons (Fsp3) is 0.724. The zero-order chi connectivity index (χ0) is 23.9. The average Bonchev–Trinajstić information content (AvgIpc) is 3.32. The van der Waals surface area contributed by atoms with Crippen LogP contribution in [-0.4, -0.2) is 50.3 Å². The molecular formula is C29H42N2O2S. The van der Waals surface area contributed by atoms with Gasteiger partial charge in [-0.3, -0.25) is 0 Å². The van der Waals surface area contributed by atoms with Gasteiger partial charge in [0.25, 0.3) is 0 Å². The van der Waals surface area contributed by atoms with Crippen LogP contribution < -0.4 is 0 Å². The fourth-order valence-corrected chi connectivity index (χ4v) is 11.1. The summed E-state index contributed by atoms with van der Waals surface area (Å²) >= 11 is 0. The summed E-state index contributed by atoms with van der Waals surface area (Å²) in [5.74, 6) is 3.39. The molecule has 8 atom stereocenters. The molecule has 0 aromatic heterocycles. The highest BCUT2D eigenvalue weighted by molar-refractivity contribution is 7.89. The lowest BCUT2D eigenvalue weighted by Gasteiger charge is -2.58. The summed E-state index contributed by atoms with van der Waals surface area (Å²) in [7, 11) is 0.693. The van der Waals surface area contributed by atoms with Crippen molar-refractivity contribution in [3.8, 4) is 0 Å². The molecule has 5 heteroatoms. The summed E-state index contributed by atoms with van der Waals surface area (Å²) < 4.78 is 28.2. The Bertz CT molecular complexity index is 1080. The lowest BCUT2D eigenvalue weighted by atomic mass is 9.47. The average molecular weight is 483 g/mol. The third-order valence-corrected chi connectivity index (χ3v) is 13.5. The third-order valence-electron chi connectivity index (χ3n) is 11.6. The van der Waals surface area contributed by atoms with Gasteiger partial charge >= 0.3 is 0 Å². The largest absolute Gasteiger partial charge is 0.303 e. The standard InChI is InChI=1S/C29H42N2O2S/c1-20-25-12-13-27-24-11-10-21-18-22(31(4)34(32,33)23-8-6-5-7-9-23)14-16-28(21,2)26(24)15-17-29(25,27)19-30(20)3/h5-10,20,22,24-27H,11-19H2,1-4H3/t20-,22-,24+,25+,26?,27-,28-,29-/m0/s1. The van der Waals surface area contributed by atoms with Crippen molar-refractivity contribution < 1.29 is 8.42 Å². The maximum absolute atomic E-state index is 13.3. The Morgan fingerprint density at radius 1 is 1.00 bits per heavy atom. The normalized spacial score (nSPS) is 44.2. The molecule has 1 saturated heterocycles. The van der Waals surface area contributed by atoms with Gasteiger partial charge in [0.15, 0.2) is 0 Å². The van der Waals surface area contributed by atoms with Crippen molar-refractivity contribution in [3.05, 3.63) is 42.0 Å². The molecule has 0 bridgehead atoms. The molecular weight excluding hydrogens is 440 g/mol. The van der Waals surface area contributed by atoms with Crippen LogP contribution in [0.3, 0.4) is 0 Å². The van der Waals surface area contributed by atoms with Crippen LogP contribution in [0.1, 0.15) is 65.2 Å². The number of benzene rings is 1. The lowest BCUT2D eigenvalue weighted by molar-refractivity contribution is -0.0419. The minimum absolute atomic E-state index is 0.0659. The molecule has 1 aromatic rings. The number of hydrogen-bond donors (Lipinski definition) is 0. The van der Waals surface area contributed by atoms with Crippen molar-refractivity contribution in [1.82, 2.24) is 9.21 Å². The van der Waals surface area contributed by atoms with Gasteiger partial charge in [0, 0.05) is 25.7 Å². The van der Waals surface area contributed by atoms with E-state index in [1.54, 1.807) is 29.1 Å². The Hall–Kier alpha value is -1.17. The monoisotopic (exact) mass is 482 g/mol. The molecule has 1 aliphatic heterocycles. The Morgan fingerprint density at radius 2 is 1.74 bits per heavy atom. The van der Waals surface area contributed by atoms with Crippen LogP contribution in [0.2, 0.25) is 0 Å². The predicted octanol–water partition coefficient (Wildman–Crippen LogP) is 5.57. The second-order valence-electron chi connectivity index (χ2n) is 12.6. The molecule has 4 nitrogen and oxygen atoms in total. The molecule has 0 amide bonds. The summed E-state index contributed by atoms with van der Waals surface area (Å²) in [6, 6.07) is 9.75. The summed E-state index contributed by atoms with van der Waals surface area (Å²) in [5, 5.41) is 0. The van der Waals surface area contributed by atoms with Crippen LogP contribution in [0.15, 0.2) is 46.9 Å². The highest BCUT2D eigenvalue weighted by atomic mass is 32.2. The van der Waals surface area contributed by atoms with E-state index in [1.807, 2.05) is 18.2 Å². The zero-order valence-electron chi connectivity index (χ0n) is 21.4. The second kappa shape index (κ2) is 7.91. The highest BCUT2D eigenvalue weighted by Crippen LogP contribution is 2.68. The molecule has 4 aliphatic carbocycles. The molecule has 6 rings (SSSR count). The fourth-order valence-electron chi connectivity index (χ4n) is 9.71. The second-order valence-corrected chi connectivity index (χ2v) is 14.6. The zero-order valence-corrected chi connectivity index (χ0v) is 22.2. The molecule has 4 fully saturated rings. The number of likely N-dealkylation sites (tertiary alicyclic amines) is 1. The van der Waals surface area contributed by atoms with E-state index in [4.69, 9.17) is 0 Å². The SMILES string of the molecule is C[C@H]1[C@H]2CC[C@H]3[C@@H]4CC=C5C[C@@H](N(C)S(=O)(=O)c6ccccc6)CC[C@]5(C)C4CC[C@]23CN1C. The van der Waals surface area contributed by atoms with E-state index < -0.39 is 10.0 Å². The number of allylic oxidation sites excluding steroid dienone is 1. The van der Waals surface area contributed by atoms with Gasteiger partial charge < -0.3 is 4.90 Å². The summed E-state index contributed by atoms with van der Waals surface area (Å²) in [5.41, 5.74) is 2.38. The van der Waals surface area contributed by atoms with E-state index in [-0.39, 0.29) is 11.5 Å². The molecule has 3 saturated carbocycles. The Balaban J connectivity index is 1.24. The van der Waals surface area contributed by atoms with Gasteiger partial charge in [-0.15, -0.1) is 0 Å². The van der Waals surface area contributed by atoms with Gasteiger partial charge in [-0.2, -0.15) is 4.31 Å². The minimum Gasteiger partial charge on any atom is -0.303 e.